The first kappa shape index (κ1) is 9.06. The molecule has 0 saturated heterocycles. The SMILES string of the molecule is COCC(F)(F)c1ccccn1. The van der Waals surface area contributed by atoms with Gasteiger partial charge in [0.25, 0.3) is 0 Å². The lowest BCUT2D eigenvalue weighted by Gasteiger charge is -2.13. The Hall–Kier alpha value is -1.03. The first-order chi connectivity index (χ1) is 5.67. The fraction of sp³-hybridized carbons (Fsp3) is 0.375. The lowest BCUT2D eigenvalue weighted by atomic mass is 10.2. The Morgan fingerprint density at radius 3 is 2.75 bits per heavy atom. The number of pyridine rings is 1. The minimum absolute atomic E-state index is 0.258. The van der Waals surface area contributed by atoms with Crippen molar-refractivity contribution < 1.29 is 13.5 Å². The lowest BCUT2D eigenvalue weighted by Crippen LogP contribution is -2.21. The number of methoxy groups -OCH3 is 1. The van der Waals surface area contributed by atoms with Crippen molar-refractivity contribution in [1.82, 2.24) is 4.98 Å². The van der Waals surface area contributed by atoms with E-state index in [1.165, 1.54) is 25.4 Å². The number of halogens is 2. The Morgan fingerprint density at radius 1 is 1.50 bits per heavy atom. The smallest absolute Gasteiger partial charge is 0.312 e. The van der Waals surface area contributed by atoms with Crippen LogP contribution in [0, 0.1) is 0 Å². The van der Waals surface area contributed by atoms with E-state index < -0.39 is 12.5 Å². The van der Waals surface area contributed by atoms with Crippen LogP contribution in [0.25, 0.3) is 0 Å². The summed E-state index contributed by atoms with van der Waals surface area (Å²) in [4.78, 5) is 3.54. The van der Waals surface area contributed by atoms with E-state index in [1.54, 1.807) is 6.07 Å². The van der Waals surface area contributed by atoms with Gasteiger partial charge in [0, 0.05) is 13.3 Å². The molecule has 0 saturated carbocycles. The van der Waals surface area contributed by atoms with Crippen molar-refractivity contribution in [3.8, 4) is 0 Å². The van der Waals surface area contributed by atoms with Crippen LogP contribution in [0.15, 0.2) is 24.4 Å². The highest BCUT2D eigenvalue weighted by Crippen LogP contribution is 2.25. The highest BCUT2D eigenvalue weighted by Gasteiger charge is 2.32. The van der Waals surface area contributed by atoms with Gasteiger partial charge in [0.15, 0.2) is 0 Å². The minimum atomic E-state index is -2.99. The third-order valence-corrected chi connectivity index (χ3v) is 1.37. The minimum Gasteiger partial charge on any atom is -0.378 e. The second-order valence-electron chi connectivity index (χ2n) is 2.35. The first-order valence-corrected chi connectivity index (χ1v) is 3.45. The average molecular weight is 173 g/mol. The molecule has 0 radical (unpaired) electrons. The van der Waals surface area contributed by atoms with Gasteiger partial charge in [0.1, 0.15) is 12.3 Å². The van der Waals surface area contributed by atoms with Crippen LogP contribution in [0.4, 0.5) is 8.78 Å². The van der Waals surface area contributed by atoms with Crippen LogP contribution in [0.2, 0.25) is 0 Å². The fourth-order valence-electron chi connectivity index (χ4n) is 0.834. The molecule has 0 N–H and O–H groups in total. The molecule has 0 aromatic carbocycles. The van der Waals surface area contributed by atoms with Gasteiger partial charge in [-0.15, -0.1) is 0 Å². The van der Waals surface area contributed by atoms with Crippen molar-refractivity contribution in [3.05, 3.63) is 30.1 Å². The maximum absolute atomic E-state index is 13.0. The molecular formula is C8H9F2NO. The molecule has 0 amide bonds. The summed E-state index contributed by atoms with van der Waals surface area (Å²) in [5.74, 6) is -2.99. The Balaban J connectivity index is 2.82. The summed E-state index contributed by atoms with van der Waals surface area (Å²) in [5, 5.41) is 0. The van der Waals surface area contributed by atoms with E-state index in [4.69, 9.17) is 0 Å². The molecule has 66 valence electrons. The standard InChI is InChI=1S/C8H9F2NO/c1-12-6-8(9,10)7-4-2-3-5-11-7/h2-5H,6H2,1H3. The molecule has 0 atom stereocenters. The van der Waals surface area contributed by atoms with Gasteiger partial charge in [-0.25, -0.2) is 0 Å². The summed E-state index contributed by atoms with van der Waals surface area (Å²) in [7, 11) is 1.23. The Bertz CT molecular complexity index is 238. The van der Waals surface area contributed by atoms with Crippen molar-refractivity contribution in [2.24, 2.45) is 0 Å². The summed E-state index contributed by atoms with van der Waals surface area (Å²) in [5.41, 5.74) is -0.258. The molecule has 0 unspecified atom stereocenters. The van der Waals surface area contributed by atoms with Crippen LogP contribution in [-0.4, -0.2) is 18.7 Å². The molecule has 0 fully saturated rings. The third kappa shape index (κ3) is 1.98. The number of nitrogens with zero attached hydrogens (tertiary/aromatic N) is 1. The average Bonchev–Trinajstić information content (AvgIpc) is 2.06. The molecule has 0 bridgehead atoms. The van der Waals surface area contributed by atoms with Crippen molar-refractivity contribution in [2.45, 2.75) is 5.92 Å². The maximum Gasteiger partial charge on any atom is 0.312 e. The van der Waals surface area contributed by atoms with Gasteiger partial charge in [0.2, 0.25) is 0 Å². The second kappa shape index (κ2) is 3.58. The highest BCUT2D eigenvalue weighted by molar-refractivity contribution is 5.09. The van der Waals surface area contributed by atoms with Crippen LogP contribution < -0.4 is 0 Å². The number of ether oxygens (including phenoxy) is 1. The van der Waals surface area contributed by atoms with Crippen LogP contribution in [-0.2, 0) is 10.7 Å². The van der Waals surface area contributed by atoms with Crippen molar-refractivity contribution in [1.29, 1.82) is 0 Å². The summed E-state index contributed by atoms with van der Waals surface area (Å²) >= 11 is 0. The van der Waals surface area contributed by atoms with Crippen molar-refractivity contribution >= 4 is 0 Å². The Kier molecular flexibility index (Phi) is 2.70. The zero-order chi connectivity index (χ0) is 9.03. The van der Waals surface area contributed by atoms with Crippen molar-refractivity contribution in [3.63, 3.8) is 0 Å². The molecule has 1 heterocycles. The quantitative estimate of drug-likeness (QED) is 0.695. The summed E-state index contributed by atoms with van der Waals surface area (Å²) in [6.07, 6.45) is 1.33. The number of hydrogen-bond donors (Lipinski definition) is 0. The van der Waals surface area contributed by atoms with Gasteiger partial charge in [-0.05, 0) is 12.1 Å². The largest absolute Gasteiger partial charge is 0.378 e. The molecule has 0 aliphatic rings. The summed E-state index contributed by atoms with van der Waals surface area (Å²) in [6, 6.07) is 4.39. The lowest BCUT2D eigenvalue weighted by molar-refractivity contribution is -0.0730. The van der Waals surface area contributed by atoms with Crippen LogP contribution in [0.1, 0.15) is 5.69 Å². The van der Waals surface area contributed by atoms with Gasteiger partial charge in [-0.3, -0.25) is 4.98 Å². The highest BCUT2D eigenvalue weighted by atomic mass is 19.3. The molecule has 1 aromatic heterocycles. The molecule has 1 rings (SSSR count). The van der Waals surface area contributed by atoms with E-state index in [2.05, 4.69) is 9.72 Å². The van der Waals surface area contributed by atoms with Crippen LogP contribution in [0.3, 0.4) is 0 Å². The summed E-state index contributed by atoms with van der Waals surface area (Å²) in [6.45, 7) is -0.635. The molecule has 0 aliphatic carbocycles. The predicted molar refractivity (Wildman–Crippen MR) is 40.0 cm³/mol. The topological polar surface area (TPSA) is 22.1 Å². The van der Waals surface area contributed by atoms with Gasteiger partial charge >= 0.3 is 5.92 Å². The van der Waals surface area contributed by atoms with Crippen LogP contribution in [0.5, 0.6) is 0 Å². The third-order valence-electron chi connectivity index (χ3n) is 1.37. The fourth-order valence-corrected chi connectivity index (χ4v) is 0.834. The first-order valence-electron chi connectivity index (χ1n) is 3.45. The van der Waals surface area contributed by atoms with Gasteiger partial charge in [0.05, 0.1) is 0 Å². The van der Waals surface area contributed by atoms with Gasteiger partial charge in [-0.2, -0.15) is 8.78 Å². The second-order valence-corrected chi connectivity index (χ2v) is 2.35. The zero-order valence-corrected chi connectivity index (χ0v) is 6.63. The Labute approximate surface area is 69.2 Å². The molecule has 2 nitrogen and oxygen atoms in total. The molecular weight excluding hydrogens is 164 g/mol. The molecule has 4 heteroatoms. The number of hydrogen-bond acceptors (Lipinski definition) is 2. The van der Waals surface area contributed by atoms with Crippen LogP contribution >= 0.6 is 0 Å². The number of alkyl halides is 2. The molecule has 0 spiro atoms. The van der Waals surface area contributed by atoms with Gasteiger partial charge in [-0.1, -0.05) is 6.07 Å². The monoisotopic (exact) mass is 173 g/mol. The molecule has 12 heavy (non-hydrogen) atoms. The number of rotatable bonds is 3. The number of aromatic nitrogens is 1. The summed E-state index contributed by atoms with van der Waals surface area (Å²) < 4.78 is 30.3. The normalized spacial score (nSPS) is 11.6. The van der Waals surface area contributed by atoms with E-state index in [9.17, 15) is 8.78 Å². The van der Waals surface area contributed by atoms with E-state index in [1.807, 2.05) is 0 Å². The van der Waals surface area contributed by atoms with Gasteiger partial charge < -0.3 is 4.74 Å². The maximum atomic E-state index is 13.0. The van der Waals surface area contributed by atoms with E-state index in [0.717, 1.165) is 0 Å². The predicted octanol–water partition coefficient (Wildman–Crippen LogP) is 1.82. The molecule has 0 aliphatic heterocycles. The Morgan fingerprint density at radius 2 is 2.25 bits per heavy atom. The molecule has 1 aromatic rings. The van der Waals surface area contributed by atoms with E-state index in [-0.39, 0.29) is 5.69 Å². The van der Waals surface area contributed by atoms with E-state index in [0.29, 0.717) is 0 Å². The van der Waals surface area contributed by atoms with Crippen molar-refractivity contribution in [2.75, 3.05) is 13.7 Å². The van der Waals surface area contributed by atoms with E-state index >= 15 is 0 Å². The zero-order valence-electron chi connectivity index (χ0n) is 6.63.